The molecule has 0 atom stereocenters. The van der Waals surface area contributed by atoms with Crippen LogP contribution in [-0.2, 0) is 6.61 Å². The van der Waals surface area contributed by atoms with Gasteiger partial charge in [0.1, 0.15) is 6.61 Å². The van der Waals surface area contributed by atoms with Gasteiger partial charge >= 0.3 is 0 Å². The third-order valence-corrected chi connectivity index (χ3v) is 4.31. The molecule has 2 aromatic rings. The van der Waals surface area contributed by atoms with Crippen molar-refractivity contribution in [2.75, 3.05) is 6.61 Å². The molecule has 1 N–H and O–H groups in total. The Hall–Kier alpha value is -1.18. The van der Waals surface area contributed by atoms with Gasteiger partial charge in [0, 0.05) is 21.2 Å². The minimum absolute atomic E-state index is 0.291. The fourth-order valence-electron chi connectivity index (χ4n) is 1.92. The van der Waals surface area contributed by atoms with E-state index in [0.29, 0.717) is 34.8 Å². The zero-order valence-electron chi connectivity index (χ0n) is 12.2. The molecular weight excluding hydrogens is 452 g/mol. The topological polar surface area (TPSA) is 51.0 Å². The van der Waals surface area contributed by atoms with E-state index in [4.69, 9.17) is 37.9 Å². The van der Waals surface area contributed by atoms with Crippen LogP contribution in [0.15, 0.2) is 35.5 Å². The molecule has 0 fully saturated rings. The van der Waals surface area contributed by atoms with Crippen molar-refractivity contribution in [3.63, 3.8) is 0 Å². The number of nitrogens with zero attached hydrogens (tertiary/aromatic N) is 1. The van der Waals surface area contributed by atoms with Crippen molar-refractivity contribution < 1.29 is 14.7 Å². The predicted octanol–water partition coefficient (Wildman–Crippen LogP) is 5.38. The van der Waals surface area contributed by atoms with Crippen LogP contribution in [0.4, 0.5) is 0 Å². The normalized spacial score (nSPS) is 11.0. The lowest BCUT2D eigenvalue weighted by molar-refractivity contribution is 0.267. The molecule has 0 aliphatic rings. The Bertz CT molecular complexity index is 723. The van der Waals surface area contributed by atoms with Crippen molar-refractivity contribution in [3.05, 3.63) is 55.1 Å². The van der Waals surface area contributed by atoms with Gasteiger partial charge in [0.15, 0.2) is 11.5 Å². The minimum atomic E-state index is 0.291. The summed E-state index contributed by atoms with van der Waals surface area (Å²) in [5.41, 5.74) is 1.55. The molecular formula is C16H14Cl2INO3. The molecule has 122 valence electrons. The monoisotopic (exact) mass is 465 g/mol. The van der Waals surface area contributed by atoms with Crippen molar-refractivity contribution in [1.82, 2.24) is 0 Å². The minimum Gasteiger partial charge on any atom is -0.490 e. The second kappa shape index (κ2) is 8.61. The van der Waals surface area contributed by atoms with E-state index in [1.54, 1.807) is 18.2 Å². The third-order valence-electron chi connectivity index (χ3n) is 2.93. The first-order valence-corrected chi connectivity index (χ1v) is 8.59. The molecule has 0 radical (unpaired) electrons. The van der Waals surface area contributed by atoms with Crippen LogP contribution >= 0.6 is 45.8 Å². The van der Waals surface area contributed by atoms with Crippen molar-refractivity contribution in [2.45, 2.75) is 13.5 Å². The summed E-state index contributed by atoms with van der Waals surface area (Å²) < 4.78 is 12.3. The fourth-order valence-corrected chi connectivity index (χ4v) is 3.16. The molecule has 4 nitrogen and oxygen atoms in total. The first kappa shape index (κ1) is 18.2. The first-order chi connectivity index (χ1) is 11.0. The van der Waals surface area contributed by atoms with E-state index in [9.17, 15) is 0 Å². The number of hydrogen-bond acceptors (Lipinski definition) is 4. The predicted molar refractivity (Wildman–Crippen MR) is 101 cm³/mol. The van der Waals surface area contributed by atoms with Gasteiger partial charge in [-0.05, 0) is 53.8 Å². The molecule has 0 aromatic heterocycles. The van der Waals surface area contributed by atoms with Crippen LogP contribution in [0.2, 0.25) is 10.0 Å². The van der Waals surface area contributed by atoms with Crippen molar-refractivity contribution in [1.29, 1.82) is 0 Å². The highest BCUT2D eigenvalue weighted by molar-refractivity contribution is 14.1. The summed E-state index contributed by atoms with van der Waals surface area (Å²) in [6.45, 7) is 2.67. The lowest BCUT2D eigenvalue weighted by Gasteiger charge is -2.15. The smallest absolute Gasteiger partial charge is 0.175 e. The summed E-state index contributed by atoms with van der Waals surface area (Å²) in [7, 11) is 0. The molecule has 0 unspecified atom stereocenters. The second-order valence-electron chi connectivity index (χ2n) is 4.53. The van der Waals surface area contributed by atoms with Crippen molar-refractivity contribution >= 4 is 52.0 Å². The number of hydrogen-bond donors (Lipinski definition) is 1. The molecule has 0 aliphatic carbocycles. The number of ether oxygens (including phenoxy) is 2. The average molecular weight is 466 g/mol. The van der Waals surface area contributed by atoms with Gasteiger partial charge in [0.05, 0.1) is 16.4 Å². The number of oxime groups is 1. The molecule has 23 heavy (non-hydrogen) atoms. The van der Waals surface area contributed by atoms with Gasteiger partial charge < -0.3 is 14.7 Å². The van der Waals surface area contributed by atoms with Crippen LogP contribution < -0.4 is 9.47 Å². The highest BCUT2D eigenvalue weighted by Crippen LogP contribution is 2.35. The largest absolute Gasteiger partial charge is 0.490 e. The average Bonchev–Trinajstić information content (AvgIpc) is 2.49. The van der Waals surface area contributed by atoms with Crippen LogP contribution in [0.1, 0.15) is 18.1 Å². The van der Waals surface area contributed by atoms with Gasteiger partial charge in [-0.15, -0.1) is 0 Å². The van der Waals surface area contributed by atoms with Gasteiger partial charge in [-0.2, -0.15) is 0 Å². The number of benzene rings is 2. The lowest BCUT2D eigenvalue weighted by atomic mass is 10.2. The highest BCUT2D eigenvalue weighted by atomic mass is 127. The standard InChI is InChI=1S/C16H14Cl2INO3/c1-2-22-15-6-10(8-20-21)5-14(19)16(15)23-9-11-3-4-12(17)7-13(11)18/h3-8,21H,2,9H2,1H3/b20-8+. The Morgan fingerprint density at radius 3 is 2.65 bits per heavy atom. The molecule has 0 amide bonds. The van der Waals surface area contributed by atoms with Crippen LogP contribution in [0, 0.1) is 3.57 Å². The van der Waals surface area contributed by atoms with E-state index in [1.165, 1.54) is 6.21 Å². The Morgan fingerprint density at radius 1 is 1.22 bits per heavy atom. The molecule has 0 spiro atoms. The maximum absolute atomic E-state index is 8.68. The summed E-state index contributed by atoms with van der Waals surface area (Å²) in [5, 5.41) is 12.8. The molecule has 0 saturated carbocycles. The first-order valence-electron chi connectivity index (χ1n) is 6.75. The third kappa shape index (κ3) is 4.89. The van der Waals surface area contributed by atoms with Crippen LogP contribution in [0.3, 0.4) is 0 Å². The second-order valence-corrected chi connectivity index (χ2v) is 6.54. The van der Waals surface area contributed by atoms with Crippen LogP contribution in [0.5, 0.6) is 11.5 Å². The quantitative estimate of drug-likeness (QED) is 0.269. The molecule has 0 saturated heterocycles. The number of halogens is 3. The van der Waals surface area contributed by atoms with E-state index in [0.717, 1.165) is 14.7 Å². The van der Waals surface area contributed by atoms with Crippen LogP contribution in [0.25, 0.3) is 0 Å². The molecule has 2 aromatic carbocycles. The molecule has 0 bridgehead atoms. The maximum atomic E-state index is 8.68. The zero-order valence-corrected chi connectivity index (χ0v) is 15.9. The molecule has 7 heteroatoms. The Morgan fingerprint density at radius 2 is 2.00 bits per heavy atom. The fraction of sp³-hybridized carbons (Fsp3) is 0.188. The highest BCUT2D eigenvalue weighted by Gasteiger charge is 2.13. The molecule has 2 rings (SSSR count). The number of rotatable bonds is 6. The summed E-state index contributed by atoms with van der Waals surface area (Å²) in [6.07, 6.45) is 1.34. The van der Waals surface area contributed by atoms with Gasteiger partial charge in [-0.3, -0.25) is 0 Å². The van der Waals surface area contributed by atoms with E-state index in [-0.39, 0.29) is 0 Å². The molecule has 0 aliphatic heterocycles. The SMILES string of the molecule is CCOc1cc(/C=N/O)cc(I)c1OCc1ccc(Cl)cc1Cl. The Kier molecular flexibility index (Phi) is 6.80. The van der Waals surface area contributed by atoms with Crippen LogP contribution in [-0.4, -0.2) is 18.0 Å². The van der Waals surface area contributed by atoms with Gasteiger partial charge in [0.2, 0.25) is 0 Å². The summed E-state index contributed by atoms with van der Waals surface area (Å²) in [5.74, 6) is 1.20. The van der Waals surface area contributed by atoms with Gasteiger partial charge in [-0.25, -0.2) is 0 Å². The van der Waals surface area contributed by atoms with Gasteiger partial charge in [-0.1, -0.05) is 34.4 Å². The summed E-state index contributed by atoms with van der Waals surface area (Å²) in [4.78, 5) is 0. The van der Waals surface area contributed by atoms with E-state index in [1.807, 2.05) is 19.1 Å². The van der Waals surface area contributed by atoms with Crippen molar-refractivity contribution in [2.24, 2.45) is 5.16 Å². The van der Waals surface area contributed by atoms with E-state index >= 15 is 0 Å². The molecule has 0 heterocycles. The summed E-state index contributed by atoms with van der Waals surface area (Å²) >= 11 is 14.2. The van der Waals surface area contributed by atoms with Crippen molar-refractivity contribution in [3.8, 4) is 11.5 Å². The summed E-state index contributed by atoms with van der Waals surface area (Å²) in [6, 6.07) is 8.86. The lowest BCUT2D eigenvalue weighted by Crippen LogP contribution is -2.03. The van der Waals surface area contributed by atoms with E-state index in [2.05, 4.69) is 27.7 Å². The van der Waals surface area contributed by atoms with Gasteiger partial charge in [0.25, 0.3) is 0 Å². The Labute approximate surface area is 158 Å². The Balaban J connectivity index is 2.27. The maximum Gasteiger partial charge on any atom is 0.175 e. The zero-order chi connectivity index (χ0) is 16.8. The van der Waals surface area contributed by atoms with E-state index < -0.39 is 0 Å².